The molecule has 0 heterocycles. The zero-order chi connectivity index (χ0) is 11.3. The van der Waals surface area contributed by atoms with Crippen LogP contribution < -0.4 is 5.32 Å². The molecule has 0 radical (unpaired) electrons. The van der Waals surface area contributed by atoms with Gasteiger partial charge in [-0.25, -0.2) is 4.79 Å². The van der Waals surface area contributed by atoms with Gasteiger partial charge < -0.3 is 10.4 Å². The Labute approximate surface area is 96.9 Å². The van der Waals surface area contributed by atoms with Crippen molar-refractivity contribution in [3.63, 3.8) is 0 Å². The second-order valence-electron chi connectivity index (χ2n) is 3.00. The molecule has 15 heavy (non-hydrogen) atoms. The van der Waals surface area contributed by atoms with E-state index < -0.39 is 5.97 Å². The number of hydrogen-bond acceptors (Lipinski definition) is 2. The van der Waals surface area contributed by atoms with Crippen LogP contribution in [0, 0.1) is 0 Å². The Kier molecular flexibility index (Phi) is 4.52. The number of benzene rings is 1. The lowest BCUT2D eigenvalue weighted by atomic mass is 10.1. The lowest BCUT2D eigenvalue weighted by Crippen LogP contribution is -2.03. The Balaban J connectivity index is 2.88. The molecule has 3 nitrogen and oxygen atoms in total. The van der Waals surface area contributed by atoms with Gasteiger partial charge in [0.15, 0.2) is 0 Å². The van der Waals surface area contributed by atoms with E-state index in [0.717, 1.165) is 16.6 Å². The van der Waals surface area contributed by atoms with Crippen LogP contribution in [0.4, 0.5) is 0 Å². The van der Waals surface area contributed by atoms with Crippen LogP contribution in [0.5, 0.6) is 0 Å². The number of carboxylic acids is 1. The number of aromatic carboxylic acids is 1. The van der Waals surface area contributed by atoms with Crippen LogP contribution in [-0.4, -0.2) is 24.7 Å². The standard InChI is InChI=1S/C11H12BrNO2/c1-13-6-2-3-8-4-5-9(11(14)15)7-10(8)12/h2-5,7,13H,6H2,1H3,(H,14,15). The van der Waals surface area contributed by atoms with Crippen molar-refractivity contribution < 1.29 is 9.90 Å². The molecule has 1 aromatic carbocycles. The van der Waals surface area contributed by atoms with Gasteiger partial charge in [0.05, 0.1) is 5.56 Å². The van der Waals surface area contributed by atoms with Crippen molar-refractivity contribution >= 4 is 28.0 Å². The summed E-state index contributed by atoms with van der Waals surface area (Å²) in [5.74, 6) is -0.915. The highest BCUT2D eigenvalue weighted by Gasteiger charge is 2.04. The molecule has 0 spiro atoms. The first-order valence-electron chi connectivity index (χ1n) is 4.49. The normalized spacial score (nSPS) is 10.8. The summed E-state index contributed by atoms with van der Waals surface area (Å²) in [5.41, 5.74) is 1.25. The number of carbonyl (C=O) groups is 1. The van der Waals surface area contributed by atoms with Gasteiger partial charge in [-0.3, -0.25) is 0 Å². The molecule has 0 bridgehead atoms. The predicted molar refractivity (Wildman–Crippen MR) is 64.1 cm³/mol. The quantitative estimate of drug-likeness (QED) is 0.883. The summed E-state index contributed by atoms with van der Waals surface area (Å²) >= 11 is 3.33. The number of halogens is 1. The van der Waals surface area contributed by atoms with E-state index in [9.17, 15) is 4.79 Å². The Morgan fingerprint density at radius 3 is 2.87 bits per heavy atom. The summed E-state index contributed by atoms with van der Waals surface area (Å²) in [5, 5.41) is 11.8. The Hall–Kier alpha value is -1.13. The first-order valence-corrected chi connectivity index (χ1v) is 5.28. The van der Waals surface area contributed by atoms with Crippen LogP contribution >= 0.6 is 15.9 Å². The van der Waals surface area contributed by atoms with Crippen molar-refractivity contribution in [3.05, 3.63) is 39.9 Å². The zero-order valence-corrected chi connectivity index (χ0v) is 9.91. The SMILES string of the molecule is CNCC=Cc1ccc(C(=O)O)cc1Br. The molecule has 0 unspecified atom stereocenters. The summed E-state index contributed by atoms with van der Waals surface area (Å²) in [6, 6.07) is 4.97. The first-order chi connectivity index (χ1) is 7.15. The maximum atomic E-state index is 10.7. The second kappa shape index (κ2) is 5.68. The predicted octanol–water partition coefficient (Wildman–Crippen LogP) is 2.38. The number of hydrogen-bond donors (Lipinski definition) is 2. The van der Waals surface area contributed by atoms with Crippen LogP contribution in [0.25, 0.3) is 6.08 Å². The lowest BCUT2D eigenvalue weighted by Gasteiger charge is -2.00. The van der Waals surface area contributed by atoms with Gasteiger partial charge in [0.25, 0.3) is 0 Å². The number of nitrogens with one attached hydrogen (secondary N) is 1. The molecular formula is C11H12BrNO2. The molecule has 1 rings (SSSR count). The summed E-state index contributed by atoms with van der Waals surface area (Å²) in [4.78, 5) is 10.7. The molecule has 0 saturated carbocycles. The van der Waals surface area contributed by atoms with Crippen molar-refractivity contribution in [3.8, 4) is 0 Å². The molecule has 0 fully saturated rings. The van der Waals surface area contributed by atoms with E-state index in [4.69, 9.17) is 5.11 Å². The molecule has 0 saturated heterocycles. The third-order valence-corrected chi connectivity index (χ3v) is 2.55. The average molecular weight is 270 g/mol. The minimum Gasteiger partial charge on any atom is -0.478 e. The van der Waals surface area contributed by atoms with E-state index in [0.29, 0.717) is 0 Å². The van der Waals surface area contributed by atoms with Gasteiger partial charge in [-0.1, -0.05) is 34.1 Å². The molecule has 0 aliphatic carbocycles. The topological polar surface area (TPSA) is 49.3 Å². The average Bonchev–Trinajstić information content (AvgIpc) is 2.20. The van der Waals surface area contributed by atoms with Crippen LogP contribution in [0.15, 0.2) is 28.7 Å². The van der Waals surface area contributed by atoms with Gasteiger partial charge in [0.2, 0.25) is 0 Å². The van der Waals surface area contributed by atoms with Crippen LogP contribution in [0.3, 0.4) is 0 Å². The van der Waals surface area contributed by atoms with E-state index in [1.54, 1.807) is 18.2 Å². The molecule has 1 aromatic rings. The summed E-state index contributed by atoms with van der Waals surface area (Å²) in [6.45, 7) is 0.785. The molecule has 0 atom stereocenters. The number of rotatable bonds is 4. The molecule has 80 valence electrons. The lowest BCUT2D eigenvalue weighted by molar-refractivity contribution is 0.0697. The zero-order valence-electron chi connectivity index (χ0n) is 8.33. The molecule has 0 amide bonds. The number of carboxylic acid groups (broad SMARTS) is 1. The molecular weight excluding hydrogens is 258 g/mol. The largest absolute Gasteiger partial charge is 0.478 e. The second-order valence-corrected chi connectivity index (χ2v) is 3.86. The first kappa shape index (κ1) is 11.9. The van der Waals surface area contributed by atoms with E-state index in [1.165, 1.54) is 0 Å². The smallest absolute Gasteiger partial charge is 0.335 e. The highest BCUT2D eigenvalue weighted by molar-refractivity contribution is 9.10. The summed E-state index contributed by atoms with van der Waals surface area (Å²) in [6.07, 6.45) is 3.91. The third kappa shape index (κ3) is 3.49. The van der Waals surface area contributed by atoms with Gasteiger partial charge in [-0.15, -0.1) is 0 Å². The van der Waals surface area contributed by atoms with E-state index >= 15 is 0 Å². The highest BCUT2D eigenvalue weighted by atomic mass is 79.9. The fraction of sp³-hybridized carbons (Fsp3) is 0.182. The van der Waals surface area contributed by atoms with Gasteiger partial charge in [-0.2, -0.15) is 0 Å². The Morgan fingerprint density at radius 1 is 1.60 bits per heavy atom. The van der Waals surface area contributed by atoms with E-state index in [2.05, 4.69) is 21.2 Å². The minimum absolute atomic E-state index is 0.285. The van der Waals surface area contributed by atoms with Gasteiger partial charge in [0.1, 0.15) is 0 Å². The monoisotopic (exact) mass is 269 g/mol. The fourth-order valence-electron chi connectivity index (χ4n) is 1.10. The third-order valence-electron chi connectivity index (χ3n) is 1.87. The van der Waals surface area contributed by atoms with E-state index in [1.807, 2.05) is 19.2 Å². The van der Waals surface area contributed by atoms with Crippen molar-refractivity contribution in [2.75, 3.05) is 13.6 Å². The Bertz CT molecular complexity index is 388. The molecule has 0 aromatic heterocycles. The van der Waals surface area contributed by atoms with Crippen LogP contribution in [0.2, 0.25) is 0 Å². The maximum Gasteiger partial charge on any atom is 0.335 e. The molecule has 0 aliphatic rings. The summed E-state index contributed by atoms with van der Waals surface area (Å²) < 4.78 is 0.787. The van der Waals surface area contributed by atoms with Crippen LogP contribution in [-0.2, 0) is 0 Å². The molecule has 4 heteroatoms. The Morgan fingerprint density at radius 2 is 2.33 bits per heavy atom. The van der Waals surface area contributed by atoms with Crippen molar-refractivity contribution in [2.24, 2.45) is 0 Å². The van der Waals surface area contributed by atoms with E-state index in [-0.39, 0.29) is 5.56 Å². The van der Waals surface area contributed by atoms with Gasteiger partial charge in [0, 0.05) is 11.0 Å². The molecule has 0 aliphatic heterocycles. The highest BCUT2D eigenvalue weighted by Crippen LogP contribution is 2.19. The van der Waals surface area contributed by atoms with Crippen molar-refractivity contribution in [1.82, 2.24) is 5.32 Å². The summed E-state index contributed by atoms with van der Waals surface area (Å²) in [7, 11) is 1.87. The maximum absolute atomic E-state index is 10.7. The van der Waals surface area contributed by atoms with Crippen LogP contribution in [0.1, 0.15) is 15.9 Å². The molecule has 2 N–H and O–H groups in total. The van der Waals surface area contributed by atoms with Gasteiger partial charge in [-0.05, 0) is 24.7 Å². The minimum atomic E-state index is -0.915. The van der Waals surface area contributed by atoms with Crippen molar-refractivity contribution in [1.29, 1.82) is 0 Å². The van der Waals surface area contributed by atoms with Crippen molar-refractivity contribution in [2.45, 2.75) is 0 Å². The fourth-order valence-corrected chi connectivity index (χ4v) is 1.61. The number of likely N-dealkylation sites (N-methyl/N-ethyl adjacent to an activating group) is 1. The van der Waals surface area contributed by atoms with Gasteiger partial charge >= 0.3 is 5.97 Å².